The van der Waals surface area contributed by atoms with Crippen molar-refractivity contribution < 1.29 is 4.79 Å². The summed E-state index contributed by atoms with van der Waals surface area (Å²) in [5.74, 6) is 0.660. The number of halogens is 1. The van der Waals surface area contributed by atoms with Crippen molar-refractivity contribution in [3.63, 3.8) is 0 Å². The number of carbonyl (C=O) groups excluding carboxylic acids is 1. The average Bonchev–Trinajstić information content (AvgIpc) is 2.65. The number of hydrogen-bond donors (Lipinski definition) is 3. The van der Waals surface area contributed by atoms with Crippen LogP contribution in [0.4, 0.5) is 0 Å². The number of nitrogens with one attached hydrogen (secondary N) is 3. The maximum absolute atomic E-state index is 11.7. The van der Waals surface area contributed by atoms with Gasteiger partial charge in [-0.25, -0.2) is 0 Å². The van der Waals surface area contributed by atoms with Gasteiger partial charge in [0.1, 0.15) is 0 Å². The molecule has 0 radical (unpaired) electrons. The number of nitrogens with zero attached hydrogens (tertiary/aromatic N) is 1. The van der Waals surface area contributed by atoms with Gasteiger partial charge in [0.15, 0.2) is 5.96 Å². The largest absolute Gasteiger partial charge is 0.356 e. The Labute approximate surface area is 153 Å². The number of aliphatic imine (C=N–C) groups is 1. The summed E-state index contributed by atoms with van der Waals surface area (Å²) in [5.41, 5.74) is 2.90. The summed E-state index contributed by atoms with van der Waals surface area (Å²) in [7, 11) is 3.37. The van der Waals surface area contributed by atoms with Gasteiger partial charge in [-0.1, -0.05) is 35.9 Å². The fourth-order valence-electron chi connectivity index (χ4n) is 2.35. The molecule has 5 nitrogen and oxygen atoms in total. The molecule has 0 aliphatic carbocycles. The number of amides is 1. The van der Waals surface area contributed by atoms with E-state index in [1.807, 2.05) is 48.5 Å². The van der Waals surface area contributed by atoms with Gasteiger partial charge < -0.3 is 16.0 Å². The number of carbonyl (C=O) groups is 1. The smallest absolute Gasteiger partial charge is 0.251 e. The Balaban J connectivity index is 1.81. The Hall–Kier alpha value is -2.53. The number of benzene rings is 2. The van der Waals surface area contributed by atoms with E-state index in [-0.39, 0.29) is 5.91 Å². The lowest BCUT2D eigenvalue weighted by atomic mass is 10.1. The highest BCUT2D eigenvalue weighted by molar-refractivity contribution is 6.30. The molecule has 0 fully saturated rings. The van der Waals surface area contributed by atoms with E-state index in [4.69, 9.17) is 11.6 Å². The van der Waals surface area contributed by atoms with Crippen molar-refractivity contribution in [2.24, 2.45) is 4.99 Å². The first kappa shape index (κ1) is 18.8. The molecule has 0 saturated carbocycles. The van der Waals surface area contributed by atoms with Crippen LogP contribution in [0.2, 0.25) is 5.02 Å². The van der Waals surface area contributed by atoms with Crippen LogP contribution in [-0.4, -0.2) is 32.5 Å². The maximum atomic E-state index is 11.7. The number of hydrogen-bond acceptors (Lipinski definition) is 2. The molecule has 0 heterocycles. The molecule has 0 unspecified atom stereocenters. The Kier molecular flexibility index (Phi) is 7.29. The summed E-state index contributed by atoms with van der Waals surface area (Å²) in [6.45, 7) is 1.39. The van der Waals surface area contributed by atoms with Crippen molar-refractivity contribution >= 4 is 23.5 Å². The lowest BCUT2D eigenvalue weighted by Crippen LogP contribution is -2.37. The zero-order chi connectivity index (χ0) is 18.1. The van der Waals surface area contributed by atoms with Gasteiger partial charge in [-0.15, -0.1) is 0 Å². The van der Waals surface area contributed by atoms with Crippen molar-refractivity contribution in [3.8, 4) is 0 Å². The first-order valence-corrected chi connectivity index (χ1v) is 8.50. The molecule has 3 N–H and O–H groups in total. The molecule has 2 aromatic carbocycles. The monoisotopic (exact) mass is 358 g/mol. The number of guanidine groups is 1. The number of rotatable bonds is 6. The molecule has 0 spiro atoms. The van der Waals surface area contributed by atoms with Crippen LogP contribution in [0.15, 0.2) is 53.5 Å². The third kappa shape index (κ3) is 6.12. The highest BCUT2D eigenvalue weighted by Gasteiger charge is 2.04. The average molecular weight is 359 g/mol. The SMILES string of the molecule is CN=C(NCCc1cccc(C(=O)NC)c1)NCc1ccc(Cl)cc1. The minimum absolute atomic E-state index is 0.0738. The van der Waals surface area contributed by atoms with E-state index in [1.54, 1.807) is 14.1 Å². The van der Waals surface area contributed by atoms with Crippen molar-refractivity contribution in [2.45, 2.75) is 13.0 Å². The zero-order valence-corrected chi connectivity index (χ0v) is 15.2. The van der Waals surface area contributed by atoms with Gasteiger partial charge in [0.2, 0.25) is 0 Å². The highest BCUT2D eigenvalue weighted by atomic mass is 35.5. The van der Waals surface area contributed by atoms with Crippen LogP contribution in [0.25, 0.3) is 0 Å². The standard InChI is InChI=1S/C19H23ClN4O/c1-21-18(25)16-5-3-4-14(12-16)10-11-23-19(22-2)24-13-15-6-8-17(20)9-7-15/h3-9,12H,10-11,13H2,1-2H3,(H,21,25)(H2,22,23,24). The van der Waals surface area contributed by atoms with Gasteiger partial charge in [-0.2, -0.15) is 0 Å². The van der Waals surface area contributed by atoms with E-state index in [0.717, 1.165) is 35.1 Å². The molecule has 0 saturated heterocycles. The molecule has 25 heavy (non-hydrogen) atoms. The van der Waals surface area contributed by atoms with Gasteiger partial charge in [0, 0.05) is 37.8 Å². The van der Waals surface area contributed by atoms with Crippen LogP contribution >= 0.6 is 11.6 Å². The van der Waals surface area contributed by atoms with Crippen molar-refractivity contribution in [1.82, 2.24) is 16.0 Å². The van der Waals surface area contributed by atoms with Crippen LogP contribution in [0.1, 0.15) is 21.5 Å². The van der Waals surface area contributed by atoms with Crippen LogP contribution in [-0.2, 0) is 13.0 Å². The summed E-state index contributed by atoms with van der Waals surface area (Å²) in [6.07, 6.45) is 0.798. The molecule has 0 aromatic heterocycles. The summed E-state index contributed by atoms with van der Waals surface area (Å²) in [5, 5.41) is 9.90. The fourth-order valence-corrected chi connectivity index (χ4v) is 2.47. The second kappa shape index (κ2) is 9.69. The van der Waals surface area contributed by atoms with Crippen molar-refractivity contribution in [2.75, 3.05) is 20.6 Å². The van der Waals surface area contributed by atoms with E-state index >= 15 is 0 Å². The lowest BCUT2D eigenvalue weighted by Gasteiger charge is -2.12. The third-order valence-electron chi connectivity index (χ3n) is 3.72. The van der Waals surface area contributed by atoms with Gasteiger partial charge in [-0.3, -0.25) is 9.79 Å². The molecule has 2 rings (SSSR count). The Morgan fingerprint density at radius 3 is 2.52 bits per heavy atom. The van der Waals surface area contributed by atoms with Crippen LogP contribution in [0, 0.1) is 0 Å². The first-order chi connectivity index (χ1) is 12.1. The zero-order valence-electron chi connectivity index (χ0n) is 14.5. The predicted octanol–water partition coefficient (Wildman–Crippen LogP) is 2.61. The quantitative estimate of drug-likeness (QED) is 0.549. The molecule has 0 aliphatic heterocycles. The normalized spacial score (nSPS) is 11.1. The second-order valence-corrected chi connectivity index (χ2v) is 5.94. The summed E-state index contributed by atoms with van der Waals surface area (Å²) in [6, 6.07) is 15.3. The van der Waals surface area contributed by atoms with Crippen LogP contribution in [0.3, 0.4) is 0 Å². The van der Waals surface area contributed by atoms with Gasteiger partial charge in [0.05, 0.1) is 0 Å². The highest BCUT2D eigenvalue weighted by Crippen LogP contribution is 2.09. The molecule has 2 aromatic rings. The molecule has 0 bridgehead atoms. The van der Waals surface area contributed by atoms with E-state index in [1.165, 1.54) is 0 Å². The molecular formula is C19H23ClN4O. The topological polar surface area (TPSA) is 65.5 Å². The van der Waals surface area contributed by atoms with E-state index in [2.05, 4.69) is 20.9 Å². The van der Waals surface area contributed by atoms with Gasteiger partial charge in [0.25, 0.3) is 5.91 Å². The fraction of sp³-hybridized carbons (Fsp3) is 0.263. The minimum Gasteiger partial charge on any atom is -0.356 e. The van der Waals surface area contributed by atoms with Gasteiger partial charge in [-0.05, 0) is 41.8 Å². The lowest BCUT2D eigenvalue weighted by molar-refractivity contribution is 0.0963. The predicted molar refractivity (Wildman–Crippen MR) is 103 cm³/mol. The first-order valence-electron chi connectivity index (χ1n) is 8.12. The summed E-state index contributed by atoms with van der Waals surface area (Å²) in [4.78, 5) is 15.9. The molecular weight excluding hydrogens is 336 g/mol. The molecule has 0 aliphatic rings. The summed E-state index contributed by atoms with van der Waals surface area (Å²) < 4.78 is 0. The van der Waals surface area contributed by atoms with E-state index < -0.39 is 0 Å². The Morgan fingerprint density at radius 1 is 1.08 bits per heavy atom. The molecule has 132 valence electrons. The van der Waals surface area contributed by atoms with Crippen molar-refractivity contribution in [3.05, 3.63) is 70.2 Å². The summed E-state index contributed by atoms with van der Waals surface area (Å²) >= 11 is 5.89. The minimum atomic E-state index is -0.0738. The van der Waals surface area contributed by atoms with Crippen LogP contribution in [0.5, 0.6) is 0 Å². The Morgan fingerprint density at radius 2 is 1.84 bits per heavy atom. The second-order valence-electron chi connectivity index (χ2n) is 5.51. The van der Waals surface area contributed by atoms with Crippen molar-refractivity contribution in [1.29, 1.82) is 0 Å². The van der Waals surface area contributed by atoms with E-state index in [0.29, 0.717) is 12.1 Å². The molecule has 6 heteroatoms. The maximum Gasteiger partial charge on any atom is 0.251 e. The third-order valence-corrected chi connectivity index (χ3v) is 3.97. The Bertz CT molecular complexity index is 728. The molecule has 1 amide bonds. The van der Waals surface area contributed by atoms with Gasteiger partial charge >= 0.3 is 0 Å². The van der Waals surface area contributed by atoms with Crippen LogP contribution < -0.4 is 16.0 Å². The van der Waals surface area contributed by atoms with E-state index in [9.17, 15) is 4.79 Å². The molecule has 0 atom stereocenters.